The molecule has 0 spiro atoms. The second-order valence-electron chi connectivity index (χ2n) is 9.58. The zero-order valence-electron chi connectivity index (χ0n) is 20.4. The molecule has 0 unspecified atom stereocenters. The first-order valence-corrected chi connectivity index (χ1v) is 13.8. The van der Waals surface area contributed by atoms with Gasteiger partial charge in [0, 0.05) is 33.7 Å². The molecule has 0 radical (unpaired) electrons. The number of nitrogens with zero attached hydrogens (tertiary/aromatic N) is 5. The number of fused-ring (bicyclic) bond motifs is 1. The van der Waals surface area contributed by atoms with Crippen LogP contribution in [-0.4, -0.2) is 92.1 Å². The van der Waals surface area contributed by atoms with Crippen LogP contribution >= 0.6 is 0 Å². The Morgan fingerprint density at radius 2 is 1.79 bits per heavy atom. The molecule has 1 aromatic heterocycles. The Morgan fingerprint density at radius 3 is 2.45 bits per heavy atom. The van der Waals surface area contributed by atoms with Gasteiger partial charge in [-0.1, -0.05) is 6.92 Å². The molecule has 2 saturated heterocycles. The van der Waals surface area contributed by atoms with Crippen LogP contribution < -0.4 is 0 Å². The lowest BCUT2D eigenvalue weighted by Crippen LogP contribution is -2.39. The fraction of sp³-hybridized carbons (Fsp3) is 0.708. The summed E-state index contributed by atoms with van der Waals surface area (Å²) in [7, 11) is -0.347. The van der Waals surface area contributed by atoms with Crippen molar-refractivity contribution < 1.29 is 13.2 Å². The van der Waals surface area contributed by atoms with Crippen molar-refractivity contribution in [2.24, 2.45) is 5.92 Å². The van der Waals surface area contributed by atoms with Gasteiger partial charge < -0.3 is 9.30 Å². The van der Waals surface area contributed by atoms with Crippen molar-refractivity contribution in [2.45, 2.75) is 50.6 Å². The van der Waals surface area contributed by atoms with Crippen LogP contribution in [0.4, 0.5) is 0 Å². The minimum absolute atomic E-state index is 0.300. The molecule has 33 heavy (non-hydrogen) atoms. The van der Waals surface area contributed by atoms with Crippen LogP contribution in [0.3, 0.4) is 0 Å². The summed E-state index contributed by atoms with van der Waals surface area (Å²) in [5.74, 6) is 1.84. The Balaban J connectivity index is 1.41. The van der Waals surface area contributed by atoms with Crippen LogP contribution in [-0.2, 0) is 27.8 Å². The number of morpholine rings is 1. The van der Waals surface area contributed by atoms with Crippen molar-refractivity contribution in [3.8, 4) is 0 Å². The van der Waals surface area contributed by atoms with Gasteiger partial charge in [0.15, 0.2) is 0 Å². The topological polar surface area (TPSA) is 70.9 Å². The Bertz CT molecular complexity index is 1020. The minimum atomic E-state index is -3.47. The maximum absolute atomic E-state index is 12.6. The van der Waals surface area contributed by atoms with Crippen molar-refractivity contribution >= 4 is 21.1 Å². The van der Waals surface area contributed by atoms with Crippen LogP contribution in [0.5, 0.6) is 0 Å². The van der Waals surface area contributed by atoms with E-state index in [1.54, 1.807) is 26.2 Å². The first kappa shape index (κ1) is 24.6. The number of benzene rings is 1. The van der Waals surface area contributed by atoms with E-state index in [0.717, 1.165) is 81.7 Å². The number of aromatic nitrogens is 2. The van der Waals surface area contributed by atoms with E-state index in [-0.39, 0.29) is 0 Å². The van der Waals surface area contributed by atoms with Crippen LogP contribution in [0, 0.1) is 5.92 Å². The van der Waals surface area contributed by atoms with Crippen molar-refractivity contribution in [1.82, 2.24) is 23.7 Å². The third-order valence-corrected chi connectivity index (χ3v) is 8.87. The van der Waals surface area contributed by atoms with E-state index < -0.39 is 10.0 Å². The van der Waals surface area contributed by atoms with Crippen molar-refractivity contribution in [2.75, 3.05) is 60.0 Å². The summed E-state index contributed by atoms with van der Waals surface area (Å²) < 4.78 is 34.1. The molecule has 3 heterocycles. The average molecular weight is 478 g/mol. The van der Waals surface area contributed by atoms with Gasteiger partial charge in [0.25, 0.3) is 0 Å². The van der Waals surface area contributed by atoms with Gasteiger partial charge in [-0.05, 0) is 69.4 Å². The lowest BCUT2D eigenvalue weighted by atomic mass is 9.93. The molecule has 2 fully saturated rings. The predicted molar refractivity (Wildman–Crippen MR) is 131 cm³/mol. The summed E-state index contributed by atoms with van der Waals surface area (Å²) in [6.45, 7) is 11.2. The second-order valence-corrected chi connectivity index (χ2v) is 11.7. The molecule has 4 rings (SSSR count). The summed E-state index contributed by atoms with van der Waals surface area (Å²) >= 11 is 0. The molecule has 0 aliphatic carbocycles. The van der Waals surface area contributed by atoms with E-state index in [9.17, 15) is 8.42 Å². The molecule has 0 bridgehead atoms. The number of imidazole rings is 1. The van der Waals surface area contributed by atoms with Crippen molar-refractivity contribution in [3.63, 3.8) is 0 Å². The third kappa shape index (κ3) is 5.77. The number of hydrogen-bond donors (Lipinski definition) is 0. The molecular formula is C24H39N5O3S. The third-order valence-electron chi connectivity index (χ3n) is 7.05. The van der Waals surface area contributed by atoms with Crippen LogP contribution in [0.25, 0.3) is 11.0 Å². The van der Waals surface area contributed by atoms with Gasteiger partial charge in [0.1, 0.15) is 5.82 Å². The summed E-state index contributed by atoms with van der Waals surface area (Å²) in [6, 6.07) is 5.34. The smallest absolute Gasteiger partial charge is 0.242 e. The fourth-order valence-electron chi connectivity index (χ4n) is 4.95. The molecule has 9 heteroatoms. The van der Waals surface area contributed by atoms with E-state index in [1.807, 2.05) is 6.07 Å². The van der Waals surface area contributed by atoms with Gasteiger partial charge in [-0.2, -0.15) is 0 Å². The van der Waals surface area contributed by atoms with E-state index in [2.05, 4.69) is 21.3 Å². The van der Waals surface area contributed by atoms with E-state index >= 15 is 0 Å². The van der Waals surface area contributed by atoms with Gasteiger partial charge in [-0.15, -0.1) is 0 Å². The number of piperidine rings is 1. The Labute approximate surface area is 198 Å². The molecule has 2 aliphatic heterocycles. The van der Waals surface area contributed by atoms with Gasteiger partial charge in [0.2, 0.25) is 10.0 Å². The predicted octanol–water partition coefficient (Wildman–Crippen LogP) is 2.63. The molecule has 1 aromatic carbocycles. The van der Waals surface area contributed by atoms with Gasteiger partial charge in [-0.25, -0.2) is 17.7 Å². The summed E-state index contributed by atoms with van der Waals surface area (Å²) in [5, 5.41) is 0. The number of sulfonamides is 1. The zero-order valence-corrected chi connectivity index (χ0v) is 21.2. The van der Waals surface area contributed by atoms with Crippen LogP contribution in [0.15, 0.2) is 23.1 Å². The van der Waals surface area contributed by atoms with Crippen molar-refractivity contribution in [1.29, 1.82) is 0 Å². The van der Waals surface area contributed by atoms with Gasteiger partial charge in [-0.3, -0.25) is 9.80 Å². The molecule has 0 atom stereocenters. The second kappa shape index (κ2) is 10.8. The van der Waals surface area contributed by atoms with E-state index in [1.165, 1.54) is 30.1 Å². The normalized spacial score (nSPS) is 19.6. The Hall–Kier alpha value is -1.52. The highest BCUT2D eigenvalue weighted by Crippen LogP contribution is 2.26. The Morgan fingerprint density at radius 1 is 1.06 bits per heavy atom. The van der Waals surface area contributed by atoms with Gasteiger partial charge >= 0.3 is 0 Å². The molecule has 0 saturated carbocycles. The average Bonchev–Trinajstić information content (AvgIpc) is 3.15. The molecule has 0 N–H and O–H groups in total. The first-order valence-electron chi connectivity index (χ1n) is 12.3. The minimum Gasteiger partial charge on any atom is -0.379 e. The lowest BCUT2D eigenvalue weighted by Gasteiger charge is -2.33. The zero-order chi connectivity index (χ0) is 23.4. The highest BCUT2D eigenvalue weighted by Gasteiger charge is 2.23. The van der Waals surface area contributed by atoms with E-state index in [0.29, 0.717) is 4.90 Å². The number of ether oxygens (including phenoxy) is 1. The van der Waals surface area contributed by atoms with Crippen LogP contribution in [0.1, 0.15) is 38.4 Å². The molecule has 8 nitrogen and oxygen atoms in total. The lowest BCUT2D eigenvalue weighted by molar-refractivity contribution is 0.0334. The van der Waals surface area contributed by atoms with Gasteiger partial charge in [0.05, 0.1) is 35.7 Å². The SMILES string of the molecule is CCCn1c(CN2CCC(CCN3CCOCC3)CC2)nc2cc(S(=O)(=O)N(C)C)ccc21. The van der Waals surface area contributed by atoms with Crippen molar-refractivity contribution in [3.05, 3.63) is 24.0 Å². The number of rotatable bonds is 9. The fourth-order valence-corrected chi connectivity index (χ4v) is 5.87. The monoisotopic (exact) mass is 477 g/mol. The Kier molecular flexibility index (Phi) is 8.07. The first-order chi connectivity index (χ1) is 15.9. The summed E-state index contributed by atoms with van der Waals surface area (Å²) in [5.41, 5.74) is 1.78. The highest BCUT2D eigenvalue weighted by atomic mass is 32.2. The largest absolute Gasteiger partial charge is 0.379 e. The van der Waals surface area contributed by atoms with E-state index in [4.69, 9.17) is 9.72 Å². The molecule has 2 aromatic rings. The highest BCUT2D eigenvalue weighted by molar-refractivity contribution is 7.89. The number of hydrogen-bond acceptors (Lipinski definition) is 6. The number of likely N-dealkylation sites (tertiary alicyclic amines) is 1. The number of aryl methyl sites for hydroxylation is 1. The summed E-state index contributed by atoms with van der Waals surface area (Å²) in [4.78, 5) is 10.2. The molecule has 184 valence electrons. The standard InChI is InChI=1S/C24H39N5O3S/c1-4-10-29-23-6-5-21(33(30,31)26(2)3)18-22(23)25-24(29)19-28-12-8-20(9-13-28)7-11-27-14-16-32-17-15-27/h5-6,18,20H,4,7-17,19H2,1-3H3. The molecule has 2 aliphatic rings. The molecule has 0 amide bonds. The molecular weight excluding hydrogens is 438 g/mol. The van der Waals surface area contributed by atoms with Crippen LogP contribution in [0.2, 0.25) is 0 Å². The summed E-state index contributed by atoms with van der Waals surface area (Å²) in [6.07, 6.45) is 4.78. The maximum Gasteiger partial charge on any atom is 0.242 e. The maximum atomic E-state index is 12.6. The quantitative estimate of drug-likeness (QED) is 0.553.